The highest BCUT2D eigenvalue weighted by atomic mass is 32.1. The normalized spacial score (nSPS) is 21.1. The van der Waals surface area contributed by atoms with Crippen molar-refractivity contribution in [2.45, 2.75) is 20.3 Å². The molecule has 7 heteroatoms. The van der Waals surface area contributed by atoms with E-state index in [1.54, 1.807) is 26.0 Å². The number of fused-ring (bicyclic) bond motifs is 1. The molecule has 0 radical (unpaired) electrons. The van der Waals surface area contributed by atoms with Crippen molar-refractivity contribution < 1.29 is 29.7 Å². The molecule has 0 amide bonds. The van der Waals surface area contributed by atoms with Crippen molar-refractivity contribution in [3.8, 4) is 0 Å². The maximum Gasteiger partial charge on any atom is 0.345 e. The average molecular weight is 388 g/mol. The summed E-state index contributed by atoms with van der Waals surface area (Å²) in [7, 11) is 0. The van der Waals surface area contributed by atoms with Gasteiger partial charge >= 0.3 is 17.9 Å². The predicted octanol–water partition coefficient (Wildman–Crippen LogP) is 4.28. The van der Waals surface area contributed by atoms with Gasteiger partial charge in [0.25, 0.3) is 0 Å². The summed E-state index contributed by atoms with van der Waals surface area (Å²) in [5.74, 6) is -3.36. The zero-order chi connectivity index (χ0) is 20.2. The summed E-state index contributed by atoms with van der Waals surface area (Å²) in [6.07, 6.45) is 5.02. The first kappa shape index (κ1) is 20.4. The molecular weight excluding hydrogens is 368 g/mol. The maximum absolute atomic E-state index is 11.1. The van der Waals surface area contributed by atoms with E-state index in [2.05, 4.69) is 0 Å². The van der Waals surface area contributed by atoms with Crippen LogP contribution in [-0.2, 0) is 9.59 Å². The van der Waals surface area contributed by atoms with E-state index in [-0.39, 0.29) is 5.57 Å². The maximum atomic E-state index is 11.1. The Balaban J connectivity index is 0.000000198. The quantitative estimate of drug-likeness (QED) is 0.720. The Morgan fingerprint density at radius 3 is 2.30 bits per heavy atom. The second-order valence-electron chi connectivity index (χ2n) is 6.29. The van der Waals surface area contributed by atoms with Gasteiger partial charge in [-0.25, -0.2) is 9.59 Å². The highest BCUT2D eigenvalue weighted by Gasteiger charge is 2.43. The number of hydrogen-bond acceptors (Lipinski definition) is 4. The zero-order valence-corrected chi connectivity index (χ0v) is 15.7. The van der Waals surface area contributed by atoms with Crippen molar-refractivity contribution in [3.05, 3.63) is 59.0 Å². The van der Waals surface area contributed by atoms with Crippen molar-refractivity contribution in [2.75, 3.05) is 0 Å². The number of hydrogen-bond donors (Lipinski definition) is 3. The molecule has 3 rings (SSSR count). The Morgan fingerprint density at radius 1 is 1.11 bits per heavy atom. The third-order valence-corrected chi connectivity index (χ3v) is 5.67. The lowest BCUT2D eigenvalue weighted by Crippen LogP contribution is -2.38. The number of benzene rings is 1. The van der Waals surface area contributed by atoms with Gasteiger partial charge in [-0.15, -0.1) is 11.3 Å². The molecule has 1 heterocycles. The van der Waals surface area contributed by atoms with Gasteiger partial charge in [-0.05, 0) is 30.9 Å². The number of thiophene rings is 1. The Morgan fingerprint density at radius 2 is 1.78 bits per heavy atom. The van der Waals surface area contributed by atoms with Gasteiger partial charge in [0.2, 0.25) is 0 Å². The zero-order valence-electron chi connectivity index (χ0n) is 14.9. The molecule has 27 heavy (non-hydrogen) atoms. The Hall–Kier alpha value is -2.93. The van der Waals surface area contributed by atoms with E-state index in [0.717, 1.165) is 10.1 Å². The van der Waals surface area contributed by atoms with Crippen molar-refractivity contribution in [1.82, 2.24) is 0 Å². The lowest BCUT2D eigenvalue weighted by molar-refractivity contribution is -0.147. The number of allylic oxidation sites excluding steroid dienone is 2. The molecule has 1 aromatic heterocycles. The number of carboxylic acid groups (broad SMARTS) is 3. The number of carboxylic acids is 3. The van der Waals surface area contributed by atoms with E-state index in [4.69, 9.17) is 15.3 Å². The van der Waals surface area contributed by atoms with Crippen LogP contribution in [0.4, 0.5) is 0 Å². The first-order valence-electron chi connectivity index (χ1n) is 8.28. The molecule has 0 spiro atoms. The fraction of sp³-hybridized carbons (Fsp3) is 0.250. The van der Waals surface area contributed by atoms with Crippen molar-refractivity contribution >= 4 is 39.3 Å². The van der Waals surface area contributed by atoms with Crippen LogP contribution in [0.3, 0.4) is 0 Å². The number of rotatable bonds is 4. The van der Waals surface area contributed by atoms with Crippen LogP contribution in [0.15, 0.2) is 54.1 Å². The second-order valence-corrected chi connectivity index (χ2v) is 7.37. The third kappa shape index (κ3) is 4.25. The van der Waals surface area contributed by atoms with Crippen LogP contribution in [0.1, 0.15) is 29.9 Å². The molecule has 0 saturated carbocycles. The second kappa shape index (κ2) is 8.18. The molecule has 0 fully saturated rings. The summed E-state index contributed by atoms with van der Waals surface area (Å²) >= 11 is 1.31. The molecule has 2 aromatic rings. The summed E-state index contributed by atoms with van der Waals surface area (Å²) in [6.45, 7) is 3.34. The Labute approximate surface area is 160 Å². The van der Waals surface area contributed by atoms with E-state index >= 15 is 0 Å². The molecule has 6 nitrogen and oxygen atoms in total. The van der Waals surface area contributed by atoms with Crippen LogP contribution < -0.4 is 0 Å². The van der Waals surface area contributed by atoms with Crippen LogP contribution in [0.2, 0.25) is 0 Å². The van der Waals surface area contributed by atoms with Gasteiger partial charge in [-0.1, -0.05) is 43.4 Å². The summed E-state index contributed by atoms with van der Waals surface area (Å²) in [6, 6.07) is 9.35. The van der Waals surface area contributed by atoms with Crippen LogP contribution in [-0.4, -0.2) is 33.2 Å². The summed E-state index contributed by atoms with van der Waals surface area (Å²) < 4.78 is 1.02. The summed E-state index contributed by atoms with van der Waals surface area (Å²) in [4.78, 5) is 33.1. The van der Waals surface area contributed by atoms with E-state index in [0.29, 0.717) is 11.3 Å². The van der Waals surface area contributed by atoms with Gasteiger partial charge in [0.05, 0.1) is 5.41 Å². The van der Waals surface area contributed by atoms with Crippen molar-refractivity contribution in [1.29, 1.82) is 0 Å². The number of carbonyl (C=O) groups is 3. The number of aliphatic carboxylic acids is 2. The molecule has 0 saturated heterocycles. The molecule has 2 atom stereocenters. The van der Waals surface area contributed by atoms with Crippen LogP contribution >= 0.6 is 11.3 Å². The van der Waals surface area contributed by atoms with Crippen LogP contribution in [0.5, 0.6) is 0 Å². The standard InChI is InChI=1S/C11H14O4.C9H6O2S/c1-3-8-7(9(12)13)5-4-6-11(8,2)10(14)15;10-9(11)8-5-6-3-1-2-4-7(6)12-8/h4-6,8H,3H2,1-2H3,(H,12,13)(H,14,15);1-5H,(H,10,11). The van der Waals surface area contributed by atoms with Gasteiger partial charge in [0.15, 0.2) is 0 Å². The SMILES string of the molecule is CCC1C(C(=O)O)=CC=CC1(C)C(=O)O.O=C(O)c1cc2ccccc2s1. The molecule has 1 aliphatic carbocycles. The number of aromatic carboxylic acids is 1. The summed E-state index contributed by atoms with van der Waals surface area (Å²) in [5.41, 5.74) is -0.943. The smallest absolute Gasteiger partial charge is 0.345 e. The first-order chi connectivity index (χ1) is 12.7. The molecule has 1 aromatic carbocycles. The topological polar surface area (TPSA) is 112 Å². The minimum Gasteiger partial charge on any atom is -0.481 e. The van der Waals surface area contributed by atoms with Gasteiger partial charge in [-0.2, -0.15) is 0 Å². The molecule has 2 unspecified atom stereocenters. The Bertz CT molecular complexity index is 906. The van der Waals surface area contributed by atoms with E-state index in [1.165, 1.54) is 23.5 Å². The molecular formula is C20H20O6S. The monoisotopic (exact) mass is 388 g/mol. The van der Waals surface area contributed by atoms with E-state index < -0.39 is 29.2 Å². The van der Waals surface area contributed by atoms with Gasteiger partial charge in [-0.3, -0.25) is 4.79 Å². The fourth-order valence-electron chi connectivity index (χ4n) is 3.08. The molecule has 142 valence electrons. The van der Waals surface area contributed by atoms with Crippen molar-refractivity contribution in [3.63, 3.8) is 0 Å². The van der Waals surface area contributed by atoms with Crippen molar-refractivity contribution in [2.24, 2.45) is 11.3 Å². The minimum atomic E-state index is -1.11. The van der Waals surface area contributed by atoms with Gasteiger partial charge in [0, 0.05) is 16.2 Å². The lowest BCUT2D eigenvalue weighted by atomic mass is 9.69. The van der Waals surface area contributed by atoms with E-state index in [1.807, 2.05) is 24.3 Å². The first-order valence-corrected chi connectivity index (χ1v) is 9.10. The molecule has 1 aliphatic rings. The predicted molar refractivity (Wildman–Crippen MR) is 103 cm³/mol. The third-order valence-electron chi connectivity index (χ3n) is 4.57. The average Bonchev–Trinajstić information content (AvgIpc) is 3.06. The fourth-order valence-corrected chi connectivity index (χ4v) is 3.98. The van der Waals surface area contributed by atoms with Crippen LogP contribution in [0.25, 0.3) is 10.1 Å². The van der Waals surface area contributed by atoms with E-state index in [9.17, 15) is 14.4 Å². The summed E-state index contributed by atoms with van der Waals surface area (Å²) in [5, 5.41) is 27.8. The minimum absolute atomic E-state index is 0.171. The Kier molecular flexibility index (Phi) is 6.17. The molecule has 0 bridgehead atoms. The molecule has 3 N–H and O–H groups in total. The highest BCUT2D eigenvalue weighted by molar-refractivity contribution is 7.20. The highest BCUT2D eigenvalue weighted by Crippen LogP contribution is 2.40. The molecule has 0 aliphatic heterocycles. The van der Waals surface area contributed by atoms with Gasteiger partial charge in [0.1, 0.15) is 4.88 Å². The largest absolute Gasteiger partial charge is 0.481 e. The lowest BCUT2D eigenvalue weighted by Gasteiger charge is -2.33. The van der Waals surface area contributed by atoms with Crippen LogP contribution in [0, 0.1) is 11.3 Å². The van der Waals surface area contributed by atoms with Gasteiger partial charge < -0.3 is 15.3 Å².